The Kier molecular flexibility index (Phi) is 4.22. The number of benzene rings is 1. The summed E-state index contributed by atoms with van der Waals surface area (Å²) in [5, 5.41) is 13.6. The monoisotopic (exact) mass is 357 g/mol. The van der Waals surface area contributed by atoms with E-state index in [0.717, 1.165) is 42.6 Å². The molecule has 1 fully saturated rings. The molecule has 1 atom stereocenters. The van der Waals surface area contributed by atoms with Crippen LogP contribution in [0.15, 0.2) is 24.3 Å². The zero-order chi connectivity index (χ0) is 18.3. The van der Waals surface area contributed by atoms with Gasteiger partial charge in [-0.15, -0.1) is 0 Å². The van der Waals surface area contributed by atoms with Crippen molar-refractivity contribution in [3.05, 3.63) is 47.0 Å². The zero-order valence-corrected chi connectivity index (χ0v) is 14.3. The molecule has 1 unspecified atom stereocenters. The third kappa shape index (κ3) is 2.87. The second kappa shape index (κ2) is 6.55. The van der Waals surface area contributed by atoms with Crippen molar-refractivity contribution in [2.75, 3.05) is 6.54 Å². The summed E-state index contributed by atoms with van der Waals surface area (Å²) >= 11 is 0. The summed E-state index contributed by atoms with van der Waals surface area (Å²) in [6.07, 6.45) is 4.05. The maximum atomic E-state index is 13.2. The van der Waals surface area contributed by atoms with E-state index in [1.165, 1.54) is 12.1 Å². The van der Waals surface area contributed by atoms with Crippen LogP contribution in [0.1, 0.15) is 47.4 Å². The number of carboxylic acid groups (broad SMARTS) is 1. The molecule has 2 heterocycles. The number of aliphatic carboxylic acids is 1. The molecule has 7 heteroatoms. The number of rotatable bonds is 4. The van der Waals surface area contributed by atoms with Crippen LogP contribution in [0.2, 0.25) is 0 Å². The number of aromatic nitrogens is 2. The van der Waals surface area contributed by atoms with Crippen molar-refractivity contribution >= 4 is 11.9 Å². The Bertz CT molecular complexity index is 860. The minimum Gasteiger partial charge on any atom is -0.481 e. The fraction of sp³-hybridized carbons (Fsp3) is 0.421. The van der Waals surface area contributed by atoms with Gasteiger partial charge in [-0.2, -0.15) is 5.10 Å². The van der Waals surface area contributed by atoms with E-state index in [1.54, 1.807) is 21.7 Å². The Hall–Kier alpha value is -2.70. The molecule has 6 nitrogen and oxygen atoms in total. The van der Waals surface area contributed by atoms with Crippen LogP contribution in [0.5, 0.6) is 0 Å². The Labute approximate surface area is 150 Å². The van der Waals surface area contributed by atoms with Crippen LogP contribution in [-0.2, 0) is 17.6 Å². The highest BCUT2D eigenvalue weighted by atomic mass is 19.1. The van der Waals surface area contributed by atoms with Crippen molar-refractivity contribution in [2.24, 2.45) is 0 Å². The van der Waals surface area contributed by atoms with Crippen LogP contribution in [0.25, 0.3) is 5.69 Å². The van der Waals surface area contributed by atoms with Crippen LogP contribution < -0.4 is 0 Å². The molecule has 0 bridgehead atoms. The van der Waals surface area contributed by atoms with Gasteiger partial charge in [0.25, 0.3) is 5.91 Å². The highest BCUT2D eigenvalue weighted by Crippen LogP contribution is 2.30. The number of halogens is 1. The Morgan fingerprint density at radius 2 is 1.96 bits per heavy atom. The molecule has 2 aromatic rings. The number of hydrogen-bond acceptors (Lipinski definition) is 3. The summed E-state index contributed by atoms with van der Waals surface area (Å²) in [6.45, 7) is 0.564. The number of fused-ring (bicyclic) bond motifs is 1. The molecule has 1 N–H and O–H groups in total. The van der Waals surface area contributed by atoms with E-state index in [4.69, 9.17) is 5.11 Å². The van der Waals surface area contributed by atoms with E-state index < -0.39 is 5.97 Å². The first kappa shape index (κ1) is 16.8. The van der Waals surface area contributed by atoms with E-state index in [1.807, 2.05) is 0 Å². The molecule has 1 aliphatic heterocycles. The molecule has 1 amide bonds. The third-order valence-electron chi connectivity index (χ3n) is 5.25. The Balaban J connectivity index is 1.69. The average molecular weight is 357 g/mol. The van der Waals surface area contributed by atoms with Crippen molar-refractivity contribution in [3.63, 3.8) is 0 Å². The van der Waals surface area contributed by atoms with E-state index in [-0.39, 0.29) is 24.2 Å². The lowest BCUT2D eigenvalue weighted by Gasteiger charge is -2.22. The van der Waals surface area contributed by atoms with Crippen molar-refractivity contribution in [1.82, 2.24) is 14.7 Å². The van der Waals surface area contributed by atoms with Crippen LogP contribution in [0.4, 0.5) is 4.39 Å². The van der Waals surface area contributed by atoms with Gasteiger partial charge in [-0.05, 0) is 56.4 Å². The summed E-state index contributed by atoms with van der Waals surface area (Å²) in [7, 11) is 0. The summed E-state index contributed by atoms with van der Waals surface area (Å²) in [5.74, 6) is -1.40. The molecule has 2 aliphatic rings. The molecule has 1 aromatic carbocycles. The molecule has 1 saturated heterocycles. The summed E-state index contributed by atoms with van der Waals surface area (Å²) in [6, 6.07) is 5.79. The van der Waals surface area contributed by atoms with E-state index in [2.05, 4.69) is 5.10 Å². The first-order valence-corrected chi connectivity index (χ1v) is 8.94. The van der Waals surface area contributed by atoms with Crippen molar-refractivity contribution in [3.8, 4) is 5.69 Å². The summed E-state index contributed by atoms with van der Waals surface area (Å²) in [5.41, 5.74) is 3.08. The molecule has 4 rings (SSSR count). The van der Waals surface area contributed by atoms with E-state index in [0.29, 0.717) is 18.7 Å². The van der Waals surface area contributed by atoms with Crippen molar-refractivity contribution in [1.29, 1.82) is 0 Å². The molecular weight excluding hydrogens is 337 g/mol. The summed E-state index contributed by atoms with van der Waals surface area (Å²) < 4.78 is 15.0. The highest BCUT2D eigenvalue weighted by Gasteiger charge is 2.35. The summed E-state index contributed by atoms with van der Waals surface area (Å²) in [4.78, 5) is 25.8. The predicted octanol–water partition coefficient (Wildman–Crippen LogP) is 2.58. The van der Waals surface area contributed by atoms with E-state index in [9.17, 15) is 14.0 Å². The van der Waals surface area contributed by atoms with Crippen molar-refractivity contribution < 1.29 is 19.1 Å². The van der Waals surface area contributed by atoms with Gasteiger partial charge in [0.05, 0.1) is 12.1 Å². The number of carbonyl (C=O) groups is 2. The molecule has 0 spiro atoms. The number of nitrogens with zero attached hydrogens (tertiary/aromatic N) is 3. The number of carbonyl (C=O) groups excluding carboxylic acids is 1. The van der Waals surface area contributed by atoms with Crippen LogP contribution >= 0.6 is 0 Å². The van der Waals surface area contributed by atoms with Crippen molar-refractivity contribution in [2.45, 2.75) is 44.6 Å². The van der Waals surface area contributed by atoms with Crippen LogP contribution in [0, 0.1) is 5.82 Å². The average Bonchev–Trinajstić information content (AvgIpc) is 3.30. The lowest BCUT2D eigenvalue weighted by Crippen LogP contribution is -2.37. The molecule has 1 aliphatic carbocycles. The van der Waals surface area contributed by atoms with Gasteiger partial charge in [-0.25, -0.2) is 9.07 Å². The standard InChI is InChI=1S/C19H20FN3O3/c20-12-6-8-13(9-7-12)23-16-5-1-4-15(16)18(21-23)19(26)22-10-2-3-14(22)11-17(24)25/h6-9,14H,1-5,10-11H2,(H,24,25). The predicted molar refractivity (Wildman–Crippen MR) is 91.9 cm³/mol. The topological polar surface area (TPSA) is 75.4 Å². The Morgan fingerprint density at radius 1 is 1.19 bits per heavy atom. The fourth-order valence-electron chi connectivity index (χ4n) is 4.06. The molecule has 0 saturated carbocycles. The van der Waals surface area contributed by atoms with Crippen LogP contribution in [0.3, 0.4) is 0 Å². The maximum absolute atomic E-state index is 13.2. The smallest absolute Gasteiger partial charge is 0.305 e. The molecule has 0 radical (unpaired) electrons. The first-order valence-electron chi connectivity index (χ1n) is 8.94. The molecular formula is C19H20FN3O3. The second-order valence-electron chi connectivity index (χ2n) is 6.91. The molecule has 1 aromatic heterocycles. The van der Waals surface area contributed by atoms with Gasteiger partial charge < -0.3 is 10.0 Å². The third-order valence-corrected chi connectivity index (χ3v) is 5.25. The van der Waals surface area contributed by atoms with Gasteiger partial charge in [-0.3, -0.25) is 9.59 Å². The minimum absolute atomic E-state index is 0.0351. The zero-order valence-electron chi connectivity index (χ0n) is 14.3. The quantitative estimate of drug-likeness (QED) is 0.913. The fourth-order valence-corrected chi connectivity index (χ4v) is 4.06. The number of carboxylic acids is 1. The maximum Gasteiger partial charge on any atom is 0.305 e. The number of likely N-dealkylation sites (tertiary alicyclic amines) is 1. The second-order valence-corrected chi connectivity index (χ2v) is 6.91. The van der Waals surface area contributed by atoms with E-state index >= 15 is 0 Å². The minimum atomic E-state index is -0.892. The highest BCUT2D eigenvalue weighted by molar-refractivity contribution is 5.95. The van der Waals surface area contributed by atoms with Gasteiger partial charge in [0.15, 0.2) is 5.69 Å². The molecule has 26 heavy (non-hydrogen) atoms. The van der Waals surface area contributed by atoms with Gasteiger partial charge in [0.1, 0.15) is 5.82 Å². The number of amides is 1. The van der Waals surface area contributed by atoms with Gasteiger partial charge >= 0.3 is 5.97 Å². The van der Waals surface area contributed by atoms with Gasteiger partial charge in [0, 0.05) is 23.8 Å². The first-order chi connectivity index (χ1) is 12.5. The number of hydrogen-bond donors (Lipinski definition) is 1. The largest absolute Gasteiger partial charge is 0.481 e. The Morgan fingerprint density at radius 3 is 2.69 bits per heavy atom. The SMILES string of the molecule is O=C(O)CC1CCCN1C(=O)c1nn(-c2ccc(F)cc2)c2c1CCC2. The van der Waals surface area contributed by atoms with Crippen LogP contribution in [-0.4, -0.2) is 44.3 Å². The van der Waals surface area contributed by atoms with Gasteiger partial charge in [-0.1, -0.05) is 0 Å². The van der Waals surface area contributed by atoms with Gasteiger partial charge in [0.2, 0.25) is 0 Å². The molecule has 136 valence electrons. The lowest BCUT2D eigenvalue weighted by molar-refractivity contribution is -0.137. The normalized spacial score (nSPS) is 19.0. The lowest BCUT2D eigenvalue weighted by atomic mass is 10.1.